The summed E-state index contributed by atoms with van der Waals surface area (Å²) in [6.45, 7) is 5.37. The molecule has 1 aliphatic rings. The maximum Gasteiger partial charge on any atom is 0.0569 e. The van der Waals surface area contributed by atoms with Crippen LogP contribution in [-0.2, 0) is 0 Å². The second-order valence-electron chi connectivity index (χ2n) is 4.70. The first-order valence-corrected chi connectivity index (χ1v) is 7.16. The molecule has 0 spiro atoms. The Labute approximate surface area is 102 Å². The minimum atomic E-state index is 0.433. The van der Waals surface area contributed by atoms with Crippen molar-refractivity contribution in [2.75, 3.05) is 6.54 Å². The molecule has 1 saturated heterocycles. The van der Waals surface area contributed by atoms with E-state index in [-0.39, 0.29) is 0 Å². The van der Waals surface area contributed by atoms with Crippen LogP contribution in [0.4, 0.5) is 0 Å². The fourth-order valence-corrected chi connectivity index (χ4v) is 3.78. The van der Waals surface area contributed by atoms with Crippen LogP contribution in [0.15, 0.2) is 17.5 Å². The molecule has 1 aromatic rings. The summed E-state index contributed by atoms with van der Waals surface area (Å²) in [4.78, 5) is 4.07. The summed E-state index contributed by atoms with van der Waals surface area (Å²) in [5.74, 6) is 0. The molecule has 3 atom stereocenters. The summed E-state index contributed by atoms with van der Waals surface area (Å²) in [6.07, 6.45) is 3.89. The van der Waals surface area contributed by atoms with Crippen molar-refractivity contribution in [2.24, 2.45) is 5.73 Å². The Morgan fingerprint density at radius 1 is 1.56 bits per heavy atom. The summed E-state index contributed by atoms with van der Waals surface area (Å²) >= 11 is 1.84. The third-order valence-electron chi connectivity index (χ3n) is 3.77. The molecule has 90 valence electrons. The monoisotopic (exact) mass is 238 g/mol. The lowest BCUT2D eigenvalue weighted by Crippen LogP contribution is -2.40. The predicted molar refractivity (Wildman–Crippen MR) is 70.7 cm³/mol. The predicted octanol–water partition coefficient (Wildman–Crippen LogP) is 3.01. The SMILES string of the molecule is CCC1CCC(C)N1C(CN)c1cccs1. The van der Waals surface area contributed by atoms with Crippen LogP contribution in [0, 0.1) is 0 Å². The van der Waals surface area contributed by atoms with Gasteiger partial charge in [-0.15, -0.1) is 11.3 Å². The van der Waals surface area contributed by atoms with Crippen molar-refractivity contribution >= 4 is 11.3 Å². The molecule has 1 aromatic heterocycles. The van der Waals surface area contributed by atoms with E-state index in [1.165, 1.54) is 24.1 Å². The lowest BCUT2D eigenvalue weighted by molar-refractivity contribution is 0.139. The maximum absolute atomic E-state index is 5.99. The zero-order valence-electron chi connectivity index (χ0n) is 10.2. The molecule has 3 heteroatoms. The molecule has 0 amide bonds. The normalized spacial score (nSPS) is 28.4. The zero-order valence-corrected chi connectivity index (χ0v) is 11.0. The van der Waals surface area contributed by atoms with Gasteiger partial charge in [0.25, 0.3) is 0 Å². The molecule has 0 bridgehead atoms. The summed E-state index contributed by atoms with van der Waals surface area (Å²) in [5.41, 5.74) is 5.99. The number of hydrogen-bond donors (Lipinski definition) is 1. The molecule has 1 fully saturated rings. The van der Waals surface area contributed by atoms with Gasteiger partial charge in [-0.3, -0.25) is 4.90 Å². The van der Waals surface area contributed by atoms with E-state index >= 15 is 0 Å². The third-order valence-corrected chi connectivity index (χ3v) is 4.75. The molecule has 2 N–H and O–H groups in total. The Balaban J connectivity index is 2.19. The smallest absolute Gasteiger partial charge is 0.0569 e. The maximum atomic E-state index is 5.99. The Kier molecular flexibility index (Phi) is 4.00. The van der Waals surface area contributed by atoms with Gasteiger partial charge >= 0.3 is 0 Å². The van der Waals surface area contributed by atoms with Crippen molar-refractivity contribution in [3.05, 3.63) is 22.4 Å². The van der Waals surface area contributed by atoms with E-state index in [1.54, 1.807) is 0 Å². The van der Waals surface area contributed by atoms with Crippen molar-refractivity contribution in [1.29, 1.82) is 0 Å². The van der Waals surface area contributed by atoms with E-state index in [1.807, 2.05) is 11.3 Å². The van der Waals surface area contributed by atoms with E-state index in [0.717, 1.165) is 12.6 Å². The molecule has 2 heterocycles. The van der Waals surface area contributed by atoms with Crippen molar-refractivity contribution < 1.29 is 0 Å². The van der Waals surface area contributed by atoms with E-state index in [9.17, 15) is 0 Å². The van der Waals surface area contributed by atoms with Gasteiger partial charge in [-0.25, -0.2) is 0 Å². The van der Waals surface area contributed by atoms with E-state index < -0.39 is 0 Å². The number of nitrogens with two attached hydrogens (primary N) is 1. The van der Waals surface area contributed by atoms with Crippen LogP contribution in [0.1, 0.15) is 44.0 Å². The van der Waals surface area contributed by atoms with Crippen molar-refractivity contribution in [2.45, 2.75) is 51.2 Å². The minimum Gasteiger partial charge on any atom is -0.329 e. The summed E-state index contributed by atoms with van der Waals surface area (Å²) in [7, 11) is 0. The molecule has 3 unspecified atom stereocenters. The molecule has 0 saturated carbocycles. The first kappa shape index (κ1) is 12.1. The van der Waals surface area contributed by atoms with Gasteiger partial charge in [-0.05, 0) is 37.6 Å². The van der Waals surface area contributed by atoms with E-state index in [2.05, 4.69) is 36.3 Å². The minimum absolute atomic E-state index is 0.433. The first-order chi connectivity index (χ1) is 7.77. The molecular formula is C13H22N2S. The van der Waals surface area contributed by atoms with Gasteiger partial charge in [0.05, 0.1) is 6.04 Å². The highest BCUT2D eigenvalue weighted by Gasteiger charge is 2.35. The Morgan fingerprint density at radius 3 is 2.94 bits per heavy atom. The molecule has 16 heavy (non-hydrogen) atoms. The topological polar surface area (TPSA) is 29.3 Å². The number of thiophene rings is 1. The lowest BCUT2D eigenvalue weighted by atomic mass is 10.1. The van der Waals surface area contributed by atoms with Crippen LogP contribution in [0.2, 0.25) is 0 Å². The fourth-order valence-electron chi connectivity index (χ4n) is 2.93. The van der Waals surface area contributed by atoms with Gasteiger partial charge < -0.3 is 5.73 Å². The molecule has 2 nitrogen and oxygen atoms in total. The van der Waals surface area contributed by atoms with Crippen LogP contribution in [-0.4, -0.2) is 23.5 Å². The number of likely N-dealkylation sites (tertiary alicyclic amines) is 1. The summed E-state index contributed by atoms with van der Waals surface area (Å²) < 4.78 is 0. The summed E-state index contributed by atoms with van der Waals surface area (Å²) in [6, 6.07) is 6.19. The van der Waals surface area contributed by atoms with Crippen molar-refractivity contribution in [3.63, 3.8) is 0 Å². The van der Waals surface area contributed by atoms with Crippen LogP contribution < -0.4 is 5.73 Å². The van der Waals surface area contributed by atoms with Gasteiger partial charge in [0.15, 0.2) is 0 Å². The third kappa shape index (κ3) is 2.17. The first-order valence-electron chi connectivity index (χ1n) is 6.28. The number of nitrogens with zero attached hydrogens (tertiary/aromatic N) is 1. The lowest BCUT2D eigenvalue weighted by Gasteiger charge is -2.34. The second-order valence-corrected chi connectivity index (χ2v) is 5.68. The molecule has 1 aliphatic heterocycles. The number of hydrogen-bond acceptors (Lipinski definition) is 3. The molecule has 0 aliphatic carbocycles. The quantitative estimate of drug-likeness (QED) is 0.873. The van der Waals surface area contributed by atoms with Crippen LogP contribution in [0.3, 0.4) is 0 Å². The van der Waals surface area contributed by atoms with Gasteiger partial charge in [0.2, 0.25) is 0 Å². The highest BCUT2D eigenvalue weighted by molar-refractivity contribution is 7.10. The molecule has 2 rings (SSSR count). The van der Waals surface area contributed by atoms with E-state index in [0.29, 0.717) is 12.1 Å². The molecular weight excluding hydrogens is 216 g/mol. The highest BCUT2D eigenvalue weighted by atomic mass is 32.1. The Hall–Kier alpha value is -0.380. The van der Waals surface area contributed by atoms with Gasteiger partial charge in [-0.2, -0.15) is 0 Å². The summed E-state index contributed by atoms with van der Waals surface area (Å²) in [5, 5.41) is 2.15. The van der Waals surface area contributed by atoms with Crippen LogP contribution >= 0.6 is 11.3 Å². The zero-order chi connectivity index (χ0) is 11.5. The van der Waals surface area contributed by atoms with Crippen molar-refractivity contribution in [1.82, 2.24) is 4.90 Å². The Morgan fingerprint density at radius 2 is 2.38 bits per heavy atom. The number of rotatable bonds is 4. The largest absolute Gasteiger partial charge is 0.329 e. The standard InChI is InChI=1S/C13H22N2S/c1-3-11-7-6-10(2)15(11)12(9-14)13-5-4-8-16-13/h4-5,8,10-12H,3,6-7,9,14H2,1-2H3. The van der Waals surface area contributed by atoms with Crippen molar-refractivity contribution in [3.8, 4) is 0 Å². The van der Waals surface area contributed by atoms with Crippen LogP contribution in [0.5, 0.6) is 0 Å². The van der Waals surface area contributed by atoms with Gasteiger partial charge in [-0.1, -0.05) is 13.0 Å². The van der Waals surface area contributed by atoms with Gasteiger partial charge in [0, 0.05) is 23.5 Å². The second kappa shape index (κ2) is 5.30. The fraction of sp³-hybridized carbons (Fsp3) is 0.692. The van der Waals surface area contributed by atoms with E-state index in [4.69, 9.17) is 5.73 Å². The van der Waals surface area contributed by atoms with Crippen LogP contribution in [0.25, 0.3) is 0 Å². The average Bonchev–Trinajstić information content (AvgIpc) is 2.91. The highest BCUT2D eigenvalue weighted by Crippen LogP contribution is 2.35. The molecule has 0 radical (unpaired) electrons. The van der Waals surface area contributed by atoms with Gasteiger partial charge in [0.1, 0.15) is 0 Å². The average molecular weight is 238 g/mol. The Bertz CT molecular complexity index is 310. The molecule has 0 aromatic carbocycles.